The maximum atomic E-state index is 13.6. The molecule has 2 aliphatic heterocycles. The van der Waals surface area contributed by atoms with E-state index in [-0.39, 0.29) is 35.7 Å². The molecule has 4 heterocycles. The summed E-state index contributed by atoms with van der Waals surface area (Å²) >= 11 is 0. The number of benzene rings is 2. The first-order valence-electron chi connectivity index (χ1n) is 20.0. The lowest BCUT2D eigenvalue weighted by Crippen LogP contribution is -2.35. The number of pyridine rings is 2. The third-order valence-electron chi connectivity index (χ3n) is 11.6. The van der Waals surface area contributed by atoms with Crippen LogP contribution in [0.25, 0.3) is 11.1 Å². The van der Waals surface area contributed by atoms with Crippen LogP contribution in [0.2, 0.25) is 0 Å². The Morgan fingerprint density at radius 2 is 1.07 bits per heavy atom. The first-order chi connectivity index (χ1) is 27.2. The van der Waals surface area contributed by atoms with Crippen molar-refractivity contribution < 1.29 is 19.2 Å². The van der Waals surface area contributed by atoms with Gasteiger partial charge in [0.2, 0.25) is 11.8 Å². The Labute approximate surface area is 327 Å². The average molecular weight is 755 g/mol. The van der Waals surface area contributed by atoms with E-state index in [1.807, 2.05) is 74.8 Å². The van der Waals surface area contributed by atoms with Crippen LogP contribution in [0.15, 0.2) is 60.9 Å². The number of hydrogen-bond donors (Lipinski definition) is 6. The molecule has 0 radical (unpaired) electrons. The molecule has 12 heteroatoms. The molecule has 290 valence electrons. The number of carbonyl (C=O) groups is 4. The Bertz CT molecular complexity index is 2030. The molecule has 2 aromatic carbocycles. The second-order valence-electron chi connectivity index (χ2n) is 15.8. The van der Waals surface area contributed by atoms with Gasteiger partial charge >= 0.3 is 0 Å². The molecule has 4 amide bonds. The Morgan fingerprint density at radius 3 is 1.45 bits per heavy atom. The van der Waals surface area contributed by atoms with Crippen LogP contribution in [0.4, 0.5) is 11.4 Å². The lowest BCUT2D eigenvalue weighted by atomic mass is 9.94. The van der Waals surface area contributed by atoms with Gasteiger partial charge in [0.15, 0.2) is 0 Å². The van der Waals surface area contributed by atoms with E-state index < -0.39 is 0 Å². The van der Waals surface area contributed by atoms with Crippen LogP contribution in [0.5, 0.6) is 0 Å². The predicted molar refractivity (Wildman–Crippen MR) is 215 cm³/mol. The van der Waals surface area contributed by atoms with Crippen molar-refractivity contribution in [3.63, 3.8) is 0 Å². The largest absolute Gasteiger partial charge is 0.352 e. The third-order valence-corrected chi connectivity index (χ3v) is 11.6. The van der Waals surface area contributed by atoms with E-state index in [0.29, 0.717) is 73.6 Å². The average Bonchev–Trinajstić information content (AvgIpc) is 4.13. The van der Waals surface area contributed by atoms with Gasteiger partial charge in [-0.1, -0.05) is 24.3 Å². The van der Waals surface area contributed by atoms with Crippen LogP contribution in [-0.2, 0) is 22.7 Å². The highest BCUT2D eigenvalue weighted by Crippen LogP contribution is 2.43. The molecule has 6 N–H and O–H groups in total. The molecular weight excluding hydrogens is 705 g/mol. The maximum absolute atomic E-state index is 13.6. The summed E-state index contributed by atoms with van der Waals surface area (Å²) in [5.41, 5.74) is 10.4. The van der Waals surface area contributed by atoms with E-state index >= 15 is 0 Å². The second kappa shape index (κ2) is 16.3. The van der Waals surface area contributed by atoms with Gasteiger partial charge in [-0.25, -0.2) is 0 Å². The van der Waals surface area contributed by atoms with Crippen LogP contribution >= 0.6 is 0 Å². The summed E-state index contributed by atoms with van der Waals surface area (Å²) in [6.07, 6.45) is 10.9. The molecule has 2 aliphatic carbocycles. The SMILES string of the molecule is Cc1c(NC(=O)c2cc(C3CC3)c(CNC[C@@H]3CCC(=O)N3)cn2)cccc1-c1cccc(NC(=O)c2cc(C3CC3)c(CNC[C@@H]3CCC(=O)N3)cn2)c1C. The molecule has 2 saturated heterocycles. The zero-order valence-electron chi connectivity index (χ0n) is 32.1. The maximum Gasteiger partial charge on any atom is 0.274 e. The highest BCUT2D eigenvalue weighted by Gasteiger charge is 2.29. The summed E-state index contributed by atoms with van der Waals surface area (Å²) in [5.74, 6) is 0.560. The van der Waals surface area contributed by atoms with Crippen LogP contribution in [-0.4, -0.2) is 58.8 Å². The molecule has 0 bridgehead atoms. The molecule has 0 unspecified atom stereocenters. The Balaban J connectivity index is 0.930. The smallest absolute Gasteiger partial charge is 0.274 e. The van der Waals surface area contributed by atoms with Gasteiger partial charge in [-0.15, -0.1) is 0 Å². The number of hydrogen-bond acceptors (Lipinski definition) is 8. The minimum absolute atomic E-state index is 0.109. The highest BCUT2D eigenvalue weighted by molar-refractivity contribution is 6.05. The standard InChI is InChI=1S/C44H50N8O4/c1-25-33(5-3-7-37(25)51-43(55)39-17-35(27-9-10-27)29(21-47-39)19-45-23-31-13-15-41(53)49-31)34-6-4-8-38(26(34)2)52-44(56)40-18-36(28-11-12-28)30(22-48-40)20-46-24-32-14-16-42(54)50-32/h3-8,17-18,21-22,27-28,31-32,45-46H,9-16,19-20,23-24H2,1-2H3,(H,49,53)(H,50,54)(H,51,55)(H,52,56)/t31-,32-/m0/s1. The topological polar surface area (TPSA) is 166 Å². The van der Waals surface area contributed by atoms with Crippen LogP contribution in [0.3, 0.4) is 0 Å². The van der Waals surface area contributed by atoms with E-state index in [1.54, 1.807) is 0 Å². The highest BCUT2D eigenvalue weighted by atomic mass is 16.2. The number of nitrogens with zero attached hydrogens (tertiary/aromatic N) is 2. The minimum atomic E-state index is -0.264. The van der Waals surface area contributed by atoms with Gasteiger partial charge in [0.1, 0.15) is 11.4 Å². The van der Waals surface area contributed by atoms with E-state index in [9.17, 15) is 19.2 Å². The fourth-order valence-corrected chi connectivity index (χ4v) is 8.01. The molecule has 4 fully saturated rings. The van der Waals surface area contributed by atoms with Crippen molar-refractivity contribution in [1.29, 1.82) is 0 Å². The van der Waals surface area contributed by atoms with Crippen LogP contribution in [0.1, 0.15) is 118 Å². The molecule has 2 aromatic heterocycles. The molecule has 2 atom stereocenters. The van der Waals surface area contributed by atoms with Crippen molar-refractivity contribution in [3.05, 3.63) is 106 Å². The molecule has 12 nitrogen and oxygen atoms in total. The minimum Gasteiger partial charge on any atom is -0.352 e. The zero-order chi connectivity index (χ0) is 38.8. The Kier molecular flexibility index (Phi) is 10.9. The quantitative estimate of drug-likeness (QED) is 0.0892. The summed E-state index contributed by atoms with van der Waals surface area (Å²) < 4.78 is 0. The molecule has 4 aliphatic rings. The van der Waals surface area contributed by atoms with Gasteiger partial charge in [-0.3, -0.25) is 29.1 Å². The number of nitrogens with one attached hydrogen (secondary N) is 6. The Morgan fingerprint density at radius 1 is 0.643 bits per heavy atom. The summed E-state index contributed by atoms with van der Waals surface area (Å²) in [5, 5.41) is 19.1. The lowest BCUT2D eigenvalue weighted by molar-refractivity contribution is -0.120. The molecular formula is C44H50N8O4. The van der Waals surface area contributed by atoms with Gasteiger partial charge in [0, 0.05) is 74.9 Å². The van der Waals surface area contributed by atoms with E-state index in [1.165, 1.54) is 0 Å². The van der Waals surface area contributed by atoms with Gasteiger partial charge in [0.05, 0.1) is 0 Å². The molecule has 4 aromatic rings. The summed E-state index contributed by atoms with van der Waals surface area (Å²) in [4.78, 5) is 59.5. The number of anilines is 2. The zero-order valence-corrected chi connectivity index (χ0v) is 32.1. The fraction of sp³-hybridized carbons (Fsp3) is 0.409. The van der Waals surface area contributed by atoms with Crippen LogP contribution in [0, 0.1) is 13.8 Å². The van der Waals surface area contributed by atoms with Crippen LogP contribution < -0.4 is 31.9 Å². The normalized spacial score (nSPS) is 19.1. The number of amides is 4. The number of aromatic nitrogens is 2. The van der Waals surface area contributed by atoms with Gasteiger partial charge in [0.25, 0.3) is 11.8 Å². The van der Waals surface area contributed by atoms with Crippen molar-refractivity contribution in [1.82, 2.24) is 31.2 Å². The predicted octanol–water partition coefficient (Wildman–Crippen LogP) is 5.76. The Hall–Kier alpha value is -5.46. The van der Waals surface area contributed by atoms with Gasteiger partial charge < -0.3 is 31.9 Å². The summed E-state index contributed by atoms with van der Waals surface area (Å²) in [6, 6.07) is 15.9. The molecule has 56 heavy (non-hydrogen) atoms. The van der Waals surface area contributed by atoms with Gasteiger partial charge in [-0.05, 0) is 133 Å². The van der Waals surface area contributed by atoms with Crippen molar-refractivity contribution >= 4 is 35.0 Å². The number of carbonyl (C=O) groups excluding carboxylic acids is 4. The molecule has 0 spiro atoms. The second-order valence-corrected chi connectivity index (χ2v) is 15.8. The molecule has 8 rings (SSSR count). The third kappa shape index (κ3) is 8.66. The fourth-order valence-electron chi connectivity index (χ4n) is 8.01. The summed E-state index contributed by atoms with van der Waals surface area (Å²) in [7, 11) is 0. The monoisotopic (exact) mass is 754 g/mol. The van der Waals surface area contributed by atoms with Crippen molar-refractivity contribution in [3.8, 4) is 11.1 Å². The van der Waals surface area contributed by atoms with E-state index in [4.69, 9.17) is 0 Å². The summed E-state index contributed by atoms with van der Waals surface area (Å²) in [6.45, 7) is 6.67. The van der Waals surface area contributed by atoms with Crippen molar-refractivity contribution in [2.45, 2.75) is 102 Å². The van der Waals surface area contributed by atoms with Gasteiger partial charge in [-0.2, -0.15) is 0 Å². The first kappa shape index (κ1) is 37.5. The van der Waals surface area contributed by atoms with E-state index in [2.05, 4.69) is 41.9 Å². The van der Waals surface area contributed by atoms with E-state index in [0.717, 1.165) is 83.0 Å². The number of rotatable bonds is 15. The van der Waals surface area contributed by atoms with Crippen molar-refractivity contribution in [2.75, 3.05) is 23.7 Å². The van der Waals surface area contributed by atoms with Crippen molar-refractivity contribution in [2.24, 2.45) is 0 Å². The lowest BCUT2D eigenvalue weighted by Gasteiger charge is -2.17. The first-order valence-corrected chi connectivity index (χ1v) is 20.0. The molecule has 2 saturated carbocycles.